The Kier molecular flexibility index (Phi) is 21.7. The molecule has 0 aromatic heterocycles. The van der Waals surface area contributed by atoms with Crippen molar-refractivity contribution in [2.75, 3.05) is 9.80 Å². The number of nitrogens with zero attached hydrogens (tertiary/aromatic N) is 3. The van der Waals surface area contributed by atoms with Gasteiger partial charge >= 0.3 is 0 Å². The predicted octanol–water partition coefficient (Wildman–Crippen LogP) is 37.4. The highest BCUT2D eigenvalue weighted by atomic mass is 16.7. The summed E-state index contributed by atoms with van der Waals surface area (Å²) in [5.41, 5.74) is 50.5. The van der Waals surface area contributed by atoms with Crippen LogP contribution in [0.15, 0.2) is 473 Å². The van der Waals surface area contributed by atoms with Gasteiger partial charge < -0.3 is 9.80 Å². The first-order valence-electron chi connectivity index (χ1n) is 52.4. The van der Waals surface area contributed by atoms with Gasteiger partial charge in [-0.1, -0.05) is 437 Å². The molecule has 26 rings (SSSR count). The smallest absolute Gasteiger partial charge is 0.105 e. The minimum Gasteiger partial charge on any atom is -0.310 e. The molecule has 706 valence electrons. The van der Waals surface area contributed by atoms with Gasteiger partial charge in [-0.3, -0.25) is 4.84 Å². The summed E-state index contributed by atoms with van der Waals surface area (Å²) in [6.45, 7) is 23.6. The second kappa shape index (κ2) is 35.2. The van der Waals surface area contributed by atoms with Crippen LogP contribution in [-0.2, 0) is 26.5 Å². The monoisotopic (exact) mass is 1880 g/mol. The van der Waals surface area contributed by atoms with Crippen LogP contribution in [-0.4, -0.2) is 10.6 Å². The highest BCUT2D eigenvalue weighted by Gasteiger charge is 2.54. The Bertz CT molecular complexity index is 8420. The van der Waals surface area contributed by atoms with Crippen molar-refractivity contribution < 1.29 is 4.84 Å². The van der Waals surface area contributed by atoms with E-state index in [4.69, 9.17) is 4.84 Å². The first-order chi connectivity index (χ1) is 71.3. The molecule has 0 fully saturated rings. The van der Waals surface area contributed by atoms with E-state index in [9.17, 15) is 0 Å². The minimum absolute atomic E-state index is 0.0546. The summed E-state index contributed by atoms with van der Waals surface area (Å²) in [5.74, 6) is 0.501. The molecule has 5 atom stereocenters. The summed E-state index contributed by atoms with van der Waals surface area (Å²) in [4.78, 5) is 13.1. The summed E-state index contributed by atoms with van der Waals surface area (Å²) in [5, 5.41) is 2.36. The average molecular weight is 1880 g/mol. The molecule has 0 radical (unpaired) electrons. The van der Waals surface area contributed by atoms with Crippen molar-refractivity contribution in [3.63, 3.8) is 0 Å². The van der Waals surface area contributed by atoms with Crippen LogP contribution in [0.1, 0.15) is 195 Å². The van der Waals surface area contributed by atoms with Gasteiger partial charge in [0.05, 0.1) is 16.9 Å². The summed E-state index contributed by atoms with van der Waals surface area (Å²) in [6, 6.07) is 180. The molecular weight excluding hydrogens is 1760 g/mol. The largest absolute Gasteiger partial charge is 0.310 e. The van der Waals surface area contributed by atoms with E-state index in [1.54, 1.807) is 0 Å². The van der Waals surface area contributed by atoms with Crippen LogP contribution in [0.25, 0.3) is 111 Å². The molecular formula is C142H117N3O. The van der Waals surface area contributed by atoms with Gasteiger partial charge in [0.1, 0.15) is 6.10 Å². The molecule has 6 aliphatic carbocycles. The van der Waals surface area contributed by atoms with Crippen molar-refractivity contribution in [1.29, 1.82) is 0 Å². The quantitative estimate of drug-likeness (QED) is 0.0630. The molecule has 20 aromatic rings. The molecule has 0 bridgehead atoms. The third-order valence-electron chi connectivity index (χ3n) is 33.5. The fourth-order valence-corrected chi connectivity index (χ4v) is 26.6. The molecule has 6 aliphatic rings. The summed E-state index contributed by atoms with van der Waals surface area (Å²) in [6.07, 6.45) is 1.25. The highest BCUT2D eigenvalue weighted by Crippen LogP contribution is 2.67. The van der Waals surface area contributed by atoms with Gasteiger partial charge in [-0.2, -0.15) is 5.06 Å². The first-order valence-corrected chi connectivity index (χ1v) is 52.4. The second-order valence-electron chi connectivity index (χ2n) is 43.9. The number of anilines is 6. The Labute approximate surface area is 860 Å². The van der Waals surface area contributed by atoms with Gasteiger partial charge in [0.15, 0.2) is 0 Å². The van der Waals surface area contributed by atoms with Gasteiger partial charge in [-0.15, -0.1) is 0 Å². The Morgan fingerprint density at radius 3 is 0.918 bits per heavy atom. The van der Waals surface area contributed by atoms with Gasteiger partial charge in [0, 0.05) is 50.5 Å². The van der Waals surface area contributed by atoms with E-state index in [0.717, 1.165) is 69.2 Å². The van der Waals surface area contributed by atoms with Crippen LogP contribution in [0.2, 0.25) is 0 Å². The molecule has 0 aliphatic heterocycles. The molecule has 0 saturated carbocycles. The van der Waals surface area contributed by atoms with Crippen LogP contribution in [0.4, 0.5) is 34.1 Å². The lowest BCUT2D eigenvalue weighted by Gasteiger charge is -2.45. The van der Waals surface area contributed by atoms with E-state index in [1.165, 1.54) is 178 Å². The normalized spacial score (nSPS) is 15.6. The van der Waals surface area contributed by atoms with E-state index in [1.807, 2.05) is 0 Å². The number of hydrogen-bond donors (Lipinski definition) is 0. The van der Waals surface area contributed by atoms with Crippen molar-refractivity contribution in [2.45, 2.75) is 133 Å². The van der Waals surface area contributed by atoms with Gasteiger partial charge in [0.25, 0.3) is 0 Å². The summed E-state index contributed by atoms with van der Waals surface area (Å²) < 4.78 is 0. The molecule has 5 unspecified atom stereocenters. The van der Waals surface area contributed by atoms with Gasteiger partial charge in [-0.25, -0.2) is 0 Å². The van der Waals surface area contributed by atoms with Crippen LogP contribution >= 0.6 is 0 Å². The van der Waals surface area contributed by atoms with Crippen molar-refractivity contribution in [3.05, 3.63) is 562 Å². The minimum atomic E-state index is -0.602. The maximum Gasteiger partial charge on any atom is 0.105 e. The van der Waals surface area contributed by atoms with E-state index in [0.29, 0.717) is 0 Å². The summed E-state index contributed by atoms with van der Waals surface area (Å²) >= 11 is 0. The molecule has 0 amide bonds. The lowest BCUT2D eigenvalue weighted by Crippen LogP contribution is -2.46. The molecule has 4 nitrogen and oxygen atoms in total. The molecule has 0 N–H and O–H groups in total. The Morgan fingerprint density at radius 2 is 0.500 bits per heavy atom. The third kappa shape index (κ3) is 14.4. The van der Waals surface area contributed by atoms with Crippen LogP contribution < -0.4 is 9.80 Å². The molecule has 0 heterocycles. The first kappa shape index (κ1) is 90.0. The number of fused-ring (bicyclic) bond motifs is 26. The Hall–Kier alpha value is -16.1. The number of benzene rings is 20. The van der Waals surface area contributed by atoms with Crippen molar-refractivity contribution in [1.82, 2.24) is 5.06 Å². The standard InChI is InChI=1S/C142H117N3O/c1-91(2)137(101-39-18-13-19-40-101)145(138(4,5)6)146-136(100-63-61-96(62-64-100)102-41-34-42-108(84-102)144(110-76-81-120-113-44-21-28-51-125(113)140(9,10)132(120)89-110)111-77-82-123-118-49-24-31-54-128(118)141(135(123)90-111)126-52-29-22-45-114(126)115-46-23-30-53-127(115)141)87-105(83-92(3)93-35-14-11-15-36-93)99-59-57-97(58-60-99)103-69-78-121-116-47-25-32-55-129(116)142(133(121)85-103)130-56-33-26-48-117(130)122-79-70-104(86-134(122)142)98-67-73-107(74-68-98)143(106-71-65-95(66-72-106)94-37-16-12-17-38-94)109-75-80-119-112-43-20-27-50-124(112)139(7,8)131(119)88-109/h11-82,84-86,88-92,105,136-137H,83,87H2,1-10H3. The average Bonchev–Trinajstić information content (AvgIpc) is 1.50. The zero-order chi connectivity index (χ0) is 98.6. The van der Waals surface area contributed by atoms with E-state index in [-0.39, 0.29) is 40.7 Å². The number of hydroxylamine groups is 2. The molecule has 2 spiro atoms. The molecule has 146 heavy (non-hydrogen) atoms. The van der Waals surface area contributed by atoms with Gasteiger partial charge in [0.2, 0.25) is 0 Å². The topological polar surface area (TPSA) is 19.0 Å². The van der Waals surface area contributed by atoms with Crippen molar-refractivity contribution in [2.24, 2.45) is 5.92 Å². The zero-order valence-corrected chi connectivity index (χ0v) is 84.6. The molecule has 4 heteroatoms. The van der Waals surface area contributed by atoms with E-state index >= 15 is 0 Å². The lowest BCUT2D eigenvalue weighted by molar-refractivity contribution is -0.278. The molecule has 0 saturated heterocycles. The maximum absolute atomic E-state index is 8.10. The van der Waals surface area contributed by atoms with Crippen molar-refractivity contribution in [3.8, 4) is 111 Å². The SMILES string of the molecule is CC(CC(CC(ON(C(c1ccccc1)C(C)C)C(C)(C)C)c1ccc(-c2cccc(N(c3ccc4c(c3)C(C)(C)c3ccccc3-4)c3ccc4c(c3)C3(c5ccccc5-c5ccccc53)c3ccccc3-4)c2)cc1)c1ccc(-c2ccc3c(c2)C2(c4ccccc4-3)c3ccccc3-c3ccc(-c4ccc(N(c5ccc(-c6ccccc6)cc5)c5ccc6c(c5)C(C)(C)c5ccccc5-6)cc4)cc32)cc1)c1ccccc1. The maximum atomic E-state index is 8.10. The molecule has 20 aromatic carbocycles. The van der Waals surface area contributed by atoms with Gasteiger partial charge in [-0.05, 0) is 337 Å². The Morgan fingerprint density at radius 1 is 0.219 bits per heavy atom. The third-order valence-corrected chi connectivity index (χ3v) is 33.5. The van der Waals surface area contributed by atoms with Crippen LogP contribution in [0.5, 0.6) is 0 Å². The number of hydrogen-bond acceptors (Lipinski definition) is 4. The second-order valence-corrected chi connectivity index (χ2v) is 43.9. The zero-order valence-electron chi connectivity index (χ0n) is 84.6. The van der Waals surface area contributed by atoms with Crippen LogP contribution in [0.3, 0.4) is 0 Å². The highest BCUT2D eigenvalue weighted by molar-refractivity contribution is 6.00. The number of rotatable bonds is 22. The summed E-state index contributed by atoms with van der Waals surface area (Å²) in [7, 11) is 0. The van der Waals surface area contributed by atoms with Crippen LogP contribution in [0, 0.1) is 5.92 Å². The Balaban J connectivity index is 0.559. The van der Waals surface area contributed by atoms with Crippen molar-refractivity contribution >= 4 is 34.1 Å². The van der Waals surface area contributed by atoms with E-state index in [2.05, 4.69) is 557 Å². The fraction of sp³-hybridized carbons (Fsp3) is 0.155. The fourth-order valence-electron chi connectivity index (χ4n) is 26.6. The lowest BCUT2D eigenvalue weighted by atomic mass is 9.70. The predicted molar refractivity (Wildman–Crippen MR) is 608 cm³/mol. The van der Waals surface area contributed by atoms with E-state index < -0.39 is 16.4 Å².